The molecule has 126 valence electrons. The van der Waals surface area contributed by atoms with E-state index in [9.17, 15) is 9.59 Å². The van der Waals surface area contributed by atoms with Crippen molar-refractivity contribution < 1.29 is 19.1 Å². The summed E-state index contributed by atoms with van der Waals surface area (Å²) in [4.78, 5) is 23.5. The number of carbonyl (C=O) groups is 2. The number of ether oxygens (including phenoxy) is 2. The topological polar surface area (TPSA) is 64.6 Å². The molecule has 0 bridgehead atoms. The molecule has 0 radical (unpaired) electrons. The Morgan fingerprint density at radius 2 is 1.96 bits per heavy atom. The number of nitrogens with one attached hydrogen (secondary N) is 1. The van der Waals surface area contributed by atoms with Crippen LogP contribution in [0.15, 0.2) is 49.1 Å². The summed E-state index contributed by atoms with van der Waals surface area (Å²) in [5.41, 5.74) is 0. The van der Waals surface area contributed by atoms with Gasteiger partial charge in [-0.05, 0) is 19.1 Å². The minimum absolute atomic E-state index is 0.301. The second kappa shape index (κ2) is 8.36. The van der Waals surface area contributed by atoms with Gasteiger partial charge in [-0.1, -0.05) is 41.9 Å². The van der Waals surface area contributed by atoms with Gasteiger partial charge in [0.15, 0.2) is 12.7 Å². The maximum Gasteiger partial charge on any atom is 0.344 e. The molecular weight excluding hydrogens is 330 g/mol. The van der Waals surface area contributed by atoms with Crippen LogP contribution in [0.25, 0.3) is 10.8 Å². The molecule has 0 aliphatic heterocycles. The van der Waals surface area contributed by atoms with E-state index in [-0.39, 0.29) is 12.5 Å². The summed E-state index contributed by atoms with van der Waals surface area (Å²) in [5.74, 6) is -0.494. The van der Waals surface area contributed by atoms with E-state index in [2.05, 4.69) is 11.9 Å². The molecule has 0 aliphatic rings. The number of carbonyl (C=O) groups excluding carboxylic acids is 2. The van der Waals surface area contributed by atoms with Crippen LogP contribution in [0, 0.1) is 0 Å². The standard InChI is InChI=1S/C18H18ClNO4/c1-3-10-20-18(22)12(2)24-17(21)11-23-16-9-8-15(19)13-6-4-5-7-14(13)16/h3-9,12H,1,10-11H2,2H3,(H,20,22)/t12-/m0/s1. The van der Waals surface area contributed by atoms with Crippen molar-refractivity contribution in [3.05, 3.63) is 54.1 Å². The molecule has 6 heteroatoms. The summed E-state index contributed by atoms with van der Waals surface area (Å²) < 4.78 is 10.5. The molecule has 1 N–H and O–H groups in total. The van der Waals surface area contributed by atoms with Gasteiger partial charge in [-0.15, -0.1) is 6.58 Å². The Bertz CT molecular complexity index is 760. The summed E-state index contributed by atoms with van der Waals surface area (Å²) in [5, 5.41) is 4.79. The van der Waals surface area contributed by atoms with Crippen LogP contribution in [0.3, 0.4) is 0 Å². The number of esters is 1. The molecule has 0 aromatic heterocycles. The Kier molecular flexibility index (Phi) is 6.21. The average Bonchev–Trinajstić information content (AvgIpc) is 2.59. The summed E-state index contributed by atoms with van der Waals surface area (Å²) in [7, 11) is 0. The Hall–Kier alpha value is -2.53. The van der Waals surface area contributed by atoms with Gasteiger partial charge in [0.1, 0.15) is 5.75 Å². The van der Waals surface area contributed by atoms with Gasteiger partial charge >= 0.3 is 5.97 Å². The molecule has 1 amide bonds. The summed E-state index contributed by atoms with van der Waals surface area (Å²) in [6, 6.07) is 10.8. The molecular formula is C18H18ClNO4. The lowest BCUT2D eigenvalue weighted by Crippen LogP contribution is -2.36. The molecule has 2 aromatic rings. The maximum atomic E-state index is 11.8. The van der Waals surface area contributed by atoms with Gasteiger partial charge in [-0.25, -0.2) is 4.79 Å². The third-order valence-electron chi connectivity index (χ3n) is 3.27. The summed E-state index contributed by atoms with van der Waals surface area (Å²) in [6.07, 6.45) is 0.643. The fraction of sp³-hybridized carbons (Fsp3) is 0.222. The van der Waals surface area contributed by atoms with E-state index in [4.69, 9.17) is 21.1 Å². The fourth-order valence-corrected chi connectivity index (χ4v) is 2.33. The van der Waals surface area contributed by atoms with Crippen LogP contribution in [0.2, 0.25) is 5.02 Å². The Morgan fingerprint density at radius 1 is 1.25 bits per heavy atom. The SMILES string of the molecule is C=CCNC(=O)[C@H](C)OC(=O)COc1ccc(Cl)c2ccccc12. The highest BCUT2D eigenvalue weighted by Gasteiger charge is 2.17. The lowest BCUT2D eigenvalue weighted by atomic mass is 10.1. The molecule has 1 atom stereocenters. The van der Waals surface area contributed by atoms with Crippen molar-refractivity contribution in [1.29, 1.82) is 0 Å². The van der Waals surface area contributed by atoms with Gasteiger partial charge in [0.05, 0.1) is 0 Å². The van der Waals surface area contributed by atoms with Crippen molar-refractivity contribution in [2.75, 3.05) is 13.2 Å². The first-order valence-corrected chi connectivity index (χ1v) is 7.79. The molecule has 0 aliphatic carbocycles. The highest BCUT2D eigenvalue weighted by atomic mass is 35.5. The number of hydrogen-bond donors (Lipinski definition) is 1. The third kappa shape index (κ3) is 4.49. The first-order valence-electron chi connectivity index (χ1n) is 7.41. The molecule has 0 saturated heterocycles. The van der Waals surface area contributed by atoms with Crippen molar-refractivity contribution in [1.82, 2.24) is 5.32 Å². The van der Waals surface area contributed by atoms with E-state index in [1.807, 2.05) is 24.3 Å². The number of rotatable bonds is 7. The number of fused-ring (bicyclic) bond motifs is 1. The predicted molar refractivity (Wildman–Crippen MR) is 93.2 cm³/mol. The van der Waals surface area contributed by atoms with Gasteiger partial charge in [-0.2, -0.15) is 0 Å². The van der Waals surface area contributed by atoms with Gasteiger partial charge < -0.3 is 14.8 Å². The van der Waals surface area contributed by atoms with Crippen LogP contribution in [-0.2, 0) is 14.3 Å². The van der Waals surface area contributed by atoms with Gasteiger partial charge in [0, 0.05) is 22.3 Å². The zero-order chi connectivity index (χ0) is 17.5. The second-order valence-corrected chi connectivity index (χ2v) is 5.45. The van der Waals surface area contributed by atoms with Crippen LogP contribution in [0.4, 0.5) is 0 Å². The Balaban J connectivity index is 1.96. The largest absolute Gasteiger partial charge is 0.481 e. The van der Waals surface area contributed by atoms with Crippen molar-refractivity contribution in [2.24, 2.45) is 0 Å². The molecule has 0 spiro atoms. The second-order valence-electron chi connectivity index (χ2n) is 5.05. The normalized spacial score (nSPS) is 11.6. The van der Waals surface area contributed by atoms with Crippen molar-refractivity contribution in [3.63, 3.8) is 0 Å². The first-order chi connectivity index (χ1) is 11.5. The van der Waals surface area contributed by atoms with Crippen LogP contribution in [-0.4, -0.2) is 31.1 Å². The quantitative estimate of drug-likeness (QED) is 0.617. The summed E-state index contributed by atoms with van der Waals surface area (Å²) in [6.45, 7) is 5.00. The number of halogens is 1. The molecule has 0 saturated carbocycles. The molecule has 2 rings (SSSR count). The lowest BCUT2D eigenvalue weighted by molar-refractivity contribution is -0.156. The van der Waals surface area contributed by atoms with Gasteiger partial charge in [-0.3, -0.25) is 4.79 Å². The Morgan fingerprint density at radius 3 is 2.67 bits per heavy atom. The van der Waals surface area contributed by atoms with Crippen molar-refractivity contribution in [2.45, 2.75) is 13.0 Å². The maximum absolute atomic E-state index is 11.8. The monoisotopic (exact) mass is 347 g/mol. The number of hydrogen-bond acceptors (Lipinski definition) is 4. The summed E-state index contributed by atoms with van der Waals surface area (Å²) >= 11 is 6.14. The van der Waals surface area contributed by atoms with Crippen LogP contribution in [0.1, 0.15) is 6.92 Å². The third-order valence-corrected chi connectivity index (χ3v) is 3.60. The molecule has 0 heterocycles. The van der Waals surface area contributed by atoms with E-state index in [1.165, 1.54) is 6.92 Å². The van der Waals surface area contributed by atoms with E-state index < -0.39 is 12.1 Å². The first kappa shape index (κ1) is 17.8. The highest BCUT2D eigenvalue weighted by molar-refractivity contribution is 6.35. The molecule has 2 aromatic carbocycles. The lowest BCUT2D eigenvalue weighted by Gasteiger charge is -2.14. The minimum Gasteiger partial charge on any atom is -0.481 e. The minimum atomic E-state index is -0.900. The number of benzene rings is 2. The van der Waals surface area contributed by atoms with E-state index >= 15 is 0 Å². The zero-order valence-corrected chi connectivity index (χ0v) is 14.0. The molecule has 5 nitrogen and oxygen atoms in total. The smallest absolute Gasteiger partial charge is 0.344 e. The van der Waals surface area contributed by atoms with Crippen LogP contribution >= 0.6 is 11.6 Å². The fourth-order valence-electron chi connectivity index (χ4n) is 2.10. The van der Waals surface area contributed by atoms with Gasteiger partial charge in [0.25, 0.3) is 5.91 Å². The molecule has 24 heavy (non-hydrogen) atoms. The average molecular weight is 348 g/mol. The molecule has 0 unspecified atom stereocenters. The van der Waals surface area contributed by atoms with E-state index in [0.29, 0.717) is 17.3 Å². The van der Waals surface area contributed by atoms with E-state index in [1.54, 1.807) is 18.2 Å². The van der Waals surface area contributed by atoms with Crippen LogP contribution in [0.5, 0.6) is 5.75 Å². The Labute approximate surface area is 145 Å². The van der Waals surface area contributed by atoms with Crippen molar-refractivity contribution >= 4 is 34.2 Å². The van der Waals surface area contributed by atoms with E-state index in [0.717, 1.165) is 10.8 Å². The number of amides is 1. The van der Waals surface area contributed by atoms with Gasteiger partial charge in [0.2, 0.25) is 0 Å². The predicted octanol–water partition coefficient (Wildman–Crippen LogP) is 3.11. The molecule has 0 fully saturated rings. The highest BCUT2D eigenvalue weighted by Crippen LogP contribution is 2.31. The zero-order valence-electron chi connectivity index (χ0n) is 13.3. The van der Waals surface area contributed by atoms with Crippen LogP contribution < -0.4 is 10.1 Å². The van der Waals surface area contributed by atoms with Crippen molar-refractivity contribution in [3.8, 4) is 5.75 Å².